The topological polar surface area (TPSA) is 84.7 Å². The Morgan fingerprint density at radius 1 is 1.30 bits per heavy atom. The van der Waals surface area contributed by atoms with Crippen molar-refractivity contribution < 1.29 is 14.3 Å². The average Bonchev–Trinajstić information content (AvgIpc) is 2.74. The van der Waals surface area contributed by atoms with E-state index in [-0.39, 0.29) is 42.8 Å². The van der Waals surface area contributed by atoms with Crippen LogP contribution in [0.3, 0.4) is 0 Å². The van der Waals surface area contributed by atoms with Crippen LogP contribution in [0.4, 0.5) is 0 Å². The SMILES string of the molecule is CCCOC1CCCN(C(=O)CNC(=O)[C@@H](N)C(C)C)CC1.Cl. The second kappa shape index (κ2) is 11.6. The average molecular weight is 350 g/mol. The first-order valence-electron chi connectivity index (χ1n) is 8.38. The van der Waals surface area contributed by atoms with Crippen LogP contribution in [0.1, 0.15) is 46.5 Å². The molecule has 2 atom stereocenters. The number of likely N-dealkylation sites (tertiary alicyclic amines) is 1. The fraction of sp³-hybridized carbons (Fsp3) is 0.875. The molecule has 0 aromatic carbocycles. The molecule has 0 radical (unpaired) electrons. The van der Waals surface area contributed by atoms with Gasteiger partial charge in [0.25, 0.3) is 0 Å². The molecular weight excluding hydrogens is 318 g/mol. The number of rotatable bonds is 7. The predicted octanol–water partition coefficient (Wildman–Crippen LogP) is 1.32. The van der Waals surface area contributed by atoms with Gasteiger partial charge in [-0.05, 0) is 31.6 Å². The summed E-state index contributed by atoms with van der Waals surface area (Å²) in [6.45, 7) is 8.10. The van der Waals surface area contributed by atoms with E-state index in [1.807, 2.05) is 18.7 Å². The second-order valence-electron chi connectivity index (χ2n) is 6.29. The Morgan fingerprint density at radius 3 is 2.61 bits per heavy atom. The first-order chi connectivity index (χ1) is 10.5. The van der Waals surface area contributed by atoms with Gasteiger partial charge in [0, 0.05) is 19.7 Å². The quantitative estimate of drug-likeness (QED) is 0.725. The minimum atomic E-state index is -0.566. The third kappa shape index (κ3) is 7.99. The monoisotopic (exact) mass is 349 g/mol. The maximum absolute atomic E-state index is 12.2. The first kappa shape index (κ1) is 22.1. The van der Waals surface area contributed by atoms with Crippen molar-refractivity contribution in [2.75, 3.05) is 26.2 Å². The molecule has 23 heavy (non-hydrogen) atoms. The van der Waals surface area contributed by atoms with Gasteiger partial charge >= 0.3 is 0 Å². The lowest BCUT2D eigenvalue weighted by molar-refractivity contribution is -0.133. The van der Waals surface area contributed by atoms with Crippen molar-refractivity contribution in [2.24, 2.45) is 11.7 Å². The maximum atomic E-state index is 12.2. The van der Waals surface area contributed by atoms with Gasteiger partial charge in [0.2, 0.25) is 11.8 Å². The van der Waals surface area contributed by atoms with Gasteiger partial charge < -0.3 is 20.7 Å². The number of hydrogen-bond donors (Lipinski definition) is 2. The van der Waals surface area contributed by atoms with Gasteiger partial charge in [-0.25, -0.2) is 0 Å². The smallest absolute Gasteiger partial charge is 0.241 e. The Labute approximate surface area is 145 Å². The highest BCUT2D eigenvalue weighted by atomic mass is 35.5. The predicted molar refractivity (Wildman–Crippen MR) is 93.5 cm³/mol. The summed E-state index contributed by atoms with van der Waals surface area (Å²) in [4.78, 5) is 25.8. The molecule has 1 heterocycles. The molecule has 0 bridgehead atoms. The normalized spacial score (nSPS) is 19.7. The highest BCUT2D eigenvalue weighted by molar-refractivity contribution is 5.87. The molecule has 0 aromatic rings. The fourth-order valence-electron chi connectivity index (χ4n) is 2.46. The largest absolute Gasteiger partial charge is 0.378 e. The van der Waals surface area contributed by atoms with Crippen LogP contribution in [0.25, 0.3) is 0 Å². The van der Waals surface area contributed by atoms with Gasteiger partial charge in [-0.15, -0.1) is 12.4 Å². The van der Waals surface area contributed by atoms with Crippen molar-refractivity contribution in [3.63, 3.8) is 0 Å². The van der Waals surface area contributed by atoms with Crippen molar-refractivity contribution in [3.05, 3.63) is 0 Å². The third-order valence-corrected chi connectivity index (χ3v) is 4.02. The van der Waals surface area contributed by atoms with Crippen molar-refractivity contribution >= 4 is 24.2 Å². The van der Waals surface area contributed by atoms with Crippen LogP contribution in [-0.4, -0.2) is 55.1 Å². The van der Waals surface area contributed by atoms with Crippen molar-refractivity contribution in [1.82, 2.24) is 10.2 Å². The summed E-state index contributed by atoms with van der Waals surface area (Å²) in [5, 5.41) is 2.64. The van der Waals surface area contributed by atoms with Crippen LogP contribution in [0.2, 0.25) is 0 Å². The minimum Gasteiger partial charge on any atom is -0.378 e. The van der Waals surface area contributed by atoms with Crippen LogP contribution in [0.5, 0.6) is 0 Å². The molecule has 3 N–H and O–H groups in total. The van der Waals surface area contributed by atoms with E-state index >= 15 is 0 Å². The lowest BCUT2D eigenvalue weighted by Gasteiger charge is -2.22. The van der Waals surface area contributed by atoms with E-state index in [2.05, 4.69) is 12.2 Å². The van der Waals surface area contributed by atoms with Crippen LogP contribution in [0, 0.1) is 5.92 Å². The summed E-state index contributed by atoms with van der Waals surface area (Å²) < 4.78 is 5.77. The van der Waals surface area contributed by atoms with E-state index in [1.54, 1.807) is 0 Å². The number of hydrogen-bond acceptors (Lipinski definition) is 4. The van der Waals surface area contributed by atoms with E-state index in [0.717, 1.165) is 38.8 Å². The molecule has 136 valence electrons. The van der Waals surface area contributed by atoms with Crippen LogP contribution >= 0.6 is 12.4 Å². The highest BCUT2D eigenvalue weighted by Gasteiger charge is 2.22. The first-order valence-corrected chi connectivity index (χ1v) is 8.38. The number of carbonyl (C=O) groups excluding carboxylic acids is 2. The van der Waals surface area contributed by atoms with E-state index in [9.17, 15) is 9.59 Å². The molecular formula is C16H32ClN3O3. The Bertz CT molecular complexity index is 366. The zero-order valence-corrected chi connectivity index (χ0v) is 15.4. The van der Waals surface area contributed by atoms with Crippen LogP contribution in [-0.2, 0) is 14.3 Å². The molecule has 6 nitrogen and oxygen atoms in total. The Kier molecular flexibility index (Phi) is 11.2. The van der Waals surface area contributed by atoms with Crippen LogP contribution in [0.15, 0.2) is 0 Å². The summed E-state index contributed by atoms with van der Waals surface area (Å²) in [6.07, 6.45) is 4.07. The number of nitrogens with one attached hydrogen (secondary N) is 1. The molecule has 1 unspecified atom stereocenters. The fourth-order valence-corrected chi connectivity index (χ4v) is 2.46. The van der Waals surface area contributed by atoms with E-state index in [4.69, 9.17) is 10.5 Å². The summed E-state index contributed by atoms with van der Waals surface area (Å²) in [5.74, 6) is -0.243. The molecule has 1 rings (SSSR count). The number of ether oxygens (including phenoxy) is 1. The minimum absolute atomic E-state index is 0. The van der Waals surface area contributed by atoms with Gasteiger partial charge in [-0.3, -0.25) is 9.59 Å². The van der Waals surface area contributed by atoms with Crippen molar-refractivity contribution in [3.8, 4) is 0 Å². The molecule has 7 heteroatoms. The maximum Gasteiger partial charge on any atom is 0.241 e. The highest BCUT2D eigenvalue weighted by Crippen LogP contribution is 2.14. The molecule has 0 saturated carbocycles. The standard InChI is InChI=1S/C16H31N3O3.ClH/c1-4-10-22-13-6-5-8-19(9-7-13)14(20)11-18-16(21)15(17)12(2)3;/h12-13,15H,4-11,17H2,1-3H3,(H,18,21);1H/t13?,15-;/m0./s1. The number of carbonyl (C=O) groups is 2. The number of halogens is 1. The third-order valence-electron chi connectivity index (χ3n) is 4.02. The summed E-state index contributed by atoms with van der Waals surface area (Å²) in [7, 11) is 0. The summed E-state index contributed by atoms with van der Waals surface area (Å²) in [5.41, 5.74) is 5.76. The molecule has 0 aromatic heterocycles. The zero-order chi connectivity index (χ0) is 16.5. The summed E-state index contributed by atoms with van der Waals surface area (Å²) in [6, 6.07) is -0.566. The number of nitrogens with two attached hydrogens (primary N) is 1. The Hall–Kier alpha value is -0.850. The molecule has 1 aliphatic rings. The van der Waals surface area contributed by atoms with E-state index < -0.39 is 6.04 Å². The molecule has 0 aliphatic carbocycles. The van der Waals surface area contributed by atoms with Gasteiger partial charge in [0.15, 0.2) is 0 Å². The van der Waals surface area contributed by atoms with Gasteiger partial charge in [0.05, 0.1) is 18.7 Å². The molecule has 2 amide bonds. The number of amides is 2. The zero-order valence-electron chi connectivity index (χ0n) is 14.5. The second-order valence-corrected chi connectivity index (χ2v) is 6.29. The van der Waals surface area contributed by atoms with Crippen molar-refractivity contribution in [2.45, 2.75) is 58.6 Å². The molecule has 1 aliphatic heterocycles. The van der Waals surface area contributed by atoms with E-state index in [1.165, 1.54) is 0 Å². The summed E-state index contributed by atoms with van der Waals surface area (Å²) >= 11 is 0. The lowest BCUT2D eigenvalue weighted by Crippen LogP contribution is -2.48. The van der Waals surface area contributed by atoms with Crippen LogP contribution < -0.4 is 11.1 Å². The Morgan fingerprint density at radius 2 is 2.00 bits per heavy atom. The van der Waals surface area contributed by atoms with Crippen molar-refractivity contribution in [1.29, 1.82) is 0 Å². The van der Waals surface area contributed by atoms with E-state index in [0.29, 0.717) is 6.54 Å². The molecule has 1 fully saturated rings. The Balaban J connectivity index is 0.00000484. The lowest BCUT2D eigenvalue weighted by atomic mass is 10.1. The molecule has 1 saturated heterocycles. The number of nitrogens with zero attached hydrogens (tertiary/aromatic N) is 1. The van der Waals surface area contributed by atoms with Gasteiger partial charge in [-0.1, -0.05) is 20.8 Å². The van der Waals surface area contributed by atoms with Gasteiger partial charge in [0.1, 0.15) is 0 Å². The van der Waals surface area contributed by atoms with Gasteiger partial charge in [-0.2, -0.15) is 0 Å². The molecule has 0 spiro atoms.